The number of aryl methyl sites for hydroxylation is 1. The minimum Gasteiger partial charge on any atom is -0.342 e. The molecule has 140 valence electrons. The molecule has 27 heavy (non-hydrogen) atoms. The molecule has 1 fully saturated rings. The summed E-state index contributed by atoms with van der Waals surface area (Å²) in [7, 11) is 0. The van der Waals surface area contributed by atoms with Gasteiger partial charge in [-0.05, 0) is 25.0 Å². The molecule has 0 saturated carbocycles. The zero-order valence-corrected chi connectivity index (χ0v) is 15.6. The van der Waals surface area contributed by atoms with Crippen molar-refractivity contribution in [1.29, 1.82) is 0 Å². The number of amides is 1. The molecular weight excluding hydrogens is 364 g/mol. The second-order valence-corrected chi connectivity index (χ2v) is 7.81. The van der Waals surface area contributed by atoms with E-state index in [1.54, 1.807) is 11.3 Å². The molecule has 1 atom stereocenters. The zero-order valence-electron chi connectivity index (χ0n) is 14.8. The van der Waals surface area contributed by atoms with Crippen molar-refractivity contribution in [2.75, 3.05) is 13.1 Å². The molecule has 0 spiro atoms. The average Bonchev–Trinajstić information content (AvgIpc) is 3.13. The number of piperidine rings is 1. The number of fused-ring (bicyclic) bond motifs is 1. The number of nitrogens with zero attached hydrogens (tertiary/aromatic N) is 3. The maximum atomic E-state index is 12.6. The minimum atomic E-state index is -0.351. The van der Waals surface area contributed by atoms with E-state index in [1.165, 1.54) is 21.5 Å². The number of aromatic nitrogens is 3. The van der Waals surface area contributed by atoms with Crippen LogP contribution in [0.15, 0.2) is 46.0 Å². The number of aromatic amines is 1. The van der Waals surface area contributed by atoms with Crippen LogP contribution in [0, 0.1) is 0 Å². The lowest BCUT2D eigenvalue weighted by Crippen LogP contribution is -2.40. The molecule has 7 nitrogen and oxygen atoms in total. The van der Waals surface area contributed by atoms with Gasteiger partial charge >= 0.3 is 0 Å². The van der Waals surface area contributed by atoms with E-state index in [1.807, 2.05) is 23.1 Å². The molecule has 2 aromatic heterocycles. The molecule has 4 rings (SSSR count). The molecule has 8 heteroatoms. The fourth-order valence-electron chi connectivity index (χ4n) is 3.46. The number of carbonyl (C=O) groups excluding carboxylic acids is 1. The number of benzene rings is 1. The van der Waals surface area contributed by atoms with E-state index in [9.17, 15) is 14.4 Å². The van der Waals surface area contributed by atoms with Gasteiger partial charge in [0.15, 0.2) is 0 Å². The number of carbonyl (C=O) groups is 1. The van der Waals surface area contributed by atoms with Gasteiger partial charge < -0.3 is 4.90 Å². The molecule has 1 aliphatic rings. The number of thiazole rings is 1. The van der Waals surface area contributed by atoms with E-state index < -0.39 is 0 Å². The molecule has 3 aromatic rings. The Hall–Kier alpha value is -2.74. The van der Waals surface area contributed by atoms with Crippen molar-refractivity contribution in [2.24, 2.45) is 0 Å². The number of nitrogens with one attached hydrogen (secondary N) is 1. The van der Waals surface area contributed by atoms with Crippen molar-refractivity contribution in [2.45, 2.75) is 31.7 Å². The van der Waals surface area contributed by atoms with Crippen LogP contribution in [0.25, 0.3) is 10.2 Å². The number of rotatable bonds is 4. The van der Waals surface area contributed by atoms with E-state index >= 15 is 0 Å². The Kier molecular flexibility index (Phi) is 4.89. The van der Waals surface area contributed by atoms with Gasteiger partial charge in [0.05, 0.1) is 21.8 Å². The van der Waals surface area contributed by atoms with Crippen molar-refractivity contribution in [1.82, 2.24) is 19.7 Å². The molecule has 0 bridgehead atoms. The average molecular weight is 384 g/mol. The summed E-state index contributed by atoms with van der Waals surface area (Å²) in [5, 5.41) is 3.53. The van der Waals surface area contributed by atoms with Crippen LogP contribution in [0.2, 0.25) is 0 Å². The van der Waals surface area contributed by atoms with Crippen LogP contribution in [0.4, 0.5) is 0 Å². The Morgan fingerprint density at radius 3 is 2.93 bits per heavy atom. The highest BCUT2D eigenvalue weighted by atomic mass is 32.1. The van der Waals surface area contributed by atoms with Crippen LogP contribution in [0.3, 0.4) is 0 Å². The second-order valence-electron chi connectivity index (χ2n) is 6.75. The predicted molar refractivity (Wildman–Crippen MR) is 104 cm³/mol. The highest BCUT2D eigenvalue weighted by Crippen LogP contribution is 2.33. The molecule has 1 saturated heterocycles. The van der Waals surface area contributed by atoms with Crippen LogP contribution >= 0.6 is 11.3 Å². The van der Waals surface area contributed by atoms with Crippen LogP contribution in [0.1, 0.15) is 30.2 Å². The van der Waals surface area contributed by atoms with E-state index in [2.05, 4.69) is 11.2 Å². The largest absolute Gasteiger partial charge is 0.342 e. The summed E-state index contributed by atoms with van der Waals surface area (Å²) >= 11 is 1.70. The standard InChI is InChI=1S/C19H20N4O3S/c24-16-7-8-18(26)23(21-16)11-9-17(25)22-10-3-4-13(12-22)19-20-14-5-1-2-6-15(14)27-19/h1-2,5-8,13H,3-4,9-12H2,(H,21,24)/t13-/m0/s1. The predicted octanol–water partition coefficient (Wildman–Crippen LogP) is 1.94. The highest BCUT2D eigenvalue weighted by Gasteiger charge is 2.26. The fraction of sp³-hybridized carbons (Fsp3) is 0.368. The second kappa shape index (κ2) is 7.48. The van der Waals surface area contributed by atoms with Crippen molar-refractivity contribution < 1.29 is 4.79 Å². The Balaban J connectivity index is 1.43. The van der Waals surface area contributed by atoms with Gasteiger partial charge in [-0.15, -0.1) is 11.3 Å². The summed E-state index contributed by atoms with van der Waals surface area (Å²) in [5.41, 5.74) is 0.345. The third-order valence-electron chi connectivity index (χ3n) is 4.87. The summed E-state index contributed by atoms with van der Waals surface area (Å²) in [4.78, 5) is 42.3. The highest BCUT2D eigenvalue weighted by molar-refractivity contribution is 7.18. The number of likely N-dealkylation sites (tertiary alicyclic amines) is 1. The molecule has 1 aliphatic heterocycles. The van der Waals surface area contributed by atoms with Crippen LogP contribution in [-0.4, -0.2) is 38.7 Å². The number of para-hydroxylation sites is 1. The van der Waals surface area contributed by atoms with Crippen molar-refractivity contribution >= 4 is 27.5 Å². The first kappa shape index (κ1) is 17.7. The minimum absolute atomic E-state index is 0.00240. The monoisotopic (exact) mass is 384 g/mol. The smallest absolute Gasteiger partial charge is 0.265 e. The van der Waals surface area contributed by atoms with Crippen LogP contribution < -0.4 is 11.1 Å². The summed E-state index contributed by atoms with van der Waals surface area (Å²) in [5.74, 6) is 0.247. The Morgan fingerprint density at radius 2 is 2.07 bits per heavy atom. The third kappa shape index (κ3) is 3.85. The first-order valence-corrected chi connectivity index (χ1v) is 9.85. The normalized spacial score (nSPS) is 17.3. The molecular formula is C19H20N4O3S. The molecule has 1 amide bonds. The van der Waals surface area contributed by atoms with Gasteiger partial charge in [0.25, 0.3) is 11.1 Å². The van der Waals surface area contributed by atoms with E-state index in [0.717, 1.165) is 29.9 Å². The molecule has 3 heterocycles. The Labute approximate surface area is 159 Å². The quantitative estimate of drug-likeness (QED) is 0.745. The van der Waals surface area contributed by atoms with Gasteiger partial charge in [0.1, 0.15) is 0 Å². The first-order chi connectivity index (χ1) is 13.1. The SMILES string of the molecule is O=C(CCn1[nH]c(=O)ccc1=O)N1CCC[C@H](c2nc3ccccc3s2)C1. The number of H-pyrrole nitrogens is 1. The molecule has 0 unspecified atom stereocenters. The van der Waals surface area contributed by atoms with Crippen LogP contribution in [-0.2, 0) is 11.3 Å². The molecule has 1 aromatic carbocycles. The van der Waals surface area contributed by atoms with Crippen molar-refractivity contribution in [3.63, 3.8) is 0 Å². The van der Waals surface area contributed by atoms with Gasteiger partial charge in [0, 0.05) is 37.6 Å². The Bertz CT molecular complexity index is 1050. The summed E-state index contributed by atoms with van der Waals surface area (Å²) in [6, 6.07) is 10.5. The van der Waals surface area contributed by atoms with E-state index in [4.69, 9.17) is 4.98 Å². The third-order valence-corrected chi connectivity index (χ3v) is 6.07. The lowest BCUT2D eigenvalue weighted by molar-refractivity contribution is -0.132. The summed E-state index contributed by atoms with van der Waals surface area (Å²) in [6.45, 7) is 1.55. The lowest BCUT2D eigenvalue weighted by Gasteiger charge is -2.32. The lowest BCUT2D eigenvalue weighted by atomic mass is 9.98. The first-order valence-electron chi connectivity index (χ1n) is 9.03. The summed E-state index contributed by atoms with van der Waals surface area (Å²) < 4.78 is 2.36. The maximum Gasteiger partial charge on any atom is 0.265 e. The number of hydrogen-bond acceptors (Lipinski definition) is 5. The molecule has 0 aliphatic carbocycles. The van der Waals surface area contributed by atoms with Gasteiger partial charge in [-0.2, -0.15) is 0 Å². The fourth-order valence-corrected chi connectivity index (χ4v) is 4.56. The van der Waals surface area contributed by atoms with Gasteiger partial charge in [-0.1, -0.05) is 12.1 Å². The van der Waals surface area contributed by atoms with Gasteiger partial charge in [0.2, 0.25) is 5.91 Å². The van der Waals surface area contributed by atoms with Gasteiger partial charge in [-0.25, -0.2) is 9.67 Å². The van der Waals surface area contributed by atoms with Gasteiger partial charge in [-0.3, -0.25) is 19.5 Å². The topological polar surface area (TPSA) is 88.1 Å². The molecule has 1 N–H and O–H groups in total. The number of hydrogen-bond donors (Lipinski definition) is 1. The zero-order chi connectivity index (χ0) is 18.8. The summed E-state index contributed by atoms with van der Waals surface area (Å²) in [6.07, 6.45) is 2.15. The van der Waals surface area contributed by atoms with Crippen molar-refractivity contribution in [3.8, 4) is 0 Å². The van der Waals surface area contributed by atoms with Crippen LogP contribution in [0.5, 0.6) is 0 Å². The van der Waals surface area contributed by atoms with E-state index in [0.29, 0.717) is 6.54 Å². The Morgan fingerprint density at radius 1 is 1.22 bits per heavy atom. The van der Waals surface area contributed by atoms with Crippen molar-refractivity contribution in [3.05, 3.63) is 62.1 Å². The molecule has 0 radical (unpaired) electrons. The van der Waals surface area contributed by atoms with E-state index in [-0.39, 0.29) is 35.9 Å². The maximum absolute atomic E-state index is 12.6.